The lowest BCUT2D eigenvalue weighted by Crippen LogP contribution is -2.49. The first-order chi connectivity index (χ1) is 28.9. The summed E-state index contributed by atoms with van der Waals surface area (Å²) in [6.07, 6.45) is 0.713. The standard InChI is InChI=1S/C43H51ClN8O7S/c1-28-7-8-33(41-29(2)49-59-30(41)3)25-39(28)60(54,55)51-18-16-50(17-19-51)20-22-58-24-23-57-21-6-15-45-40(53)27-37-43-48-47-31(4)52(43)38-14-13-35(56-5)26-36(38)42(46-37)32-9-11-34(44)12-10-32/h7-14,25-26,37H,6,15-24,27H2,1-5H3,(H,45,53). The van der Waals surface area contributed by atoms with E-state index >= 15 is 0 Å². The number of aryl methyl sites for hydroxylation is 4. The van der Waals surface area contributed by atoms with E-state index in [2.05, 4.69) is 25.6 Å². The highest BCUT2D eigenvalue weighted by atomic mass is 35.5. The first kappa shape index (κ1) is 43.1. The number of ether oxygens (including phenoxy) is 3. The molecule has 0 radical (unpaired) electrons. The molecule has 0 bridgehead atoms. The minimum atomic E-state index is -3.68. The van der Waals surface area contributed by atoms with Gasteiger partial charge in [-0.25, -0.2) is 8.42 Å². The van der Waals surface area contributed by atoms with Gasteiger partial charge in [0.05, 0.1) is 55.3 Å². The van der Waals surface area contributed by atoms with Crippen LogP contribution in [0.4, 0.5) is 0 Å². The van der Waals surface area contributed by atoms with Crippen molar-refractivity contribution in [1.29, 1.82) is 0 Å². The number of rotatable bonds is 17. The molecular weight excluding hydrogens is 808 g/mol. The number of hydrogen-bond acceptors (Lipinski definition) is 12. The van der Waals surface area contributed by atoms with Crippen molar-refractivity contribution in [2.45, 2.75) is 51.5 Å². The molecule has 15 nitrogen and oxygen atoms in total. The number of nitrogens with zero attached hydrogens (tertiary/aromatic N) is 7. The number of amides is 1. The van der Waals surface area contributed by atoms with Gasteiger partial charge in [-0.3, -0.25) is 19.3 Å². The third-order valence-electron chi connectivity index (χ3n) is 10.8. The number of carbonyl (C=O) groups is 1. The van der Waals surface area contributed by atoms with Crippen LogP contribution in [0.2, 0.25) is 5.02 Å². The Morgan fingerprint density at radius 3 is 2.35 bits per heavy atom. The Labute approximate surface area is 355 Å². The lowest BCUT2D eigenvalue weighted by Gasteiger charge is -2.34. The number of benzene rings is 3. The predicted molar refractivity (Wildman–Crippen MR) is 228 cm³/mol. The van der Waals surface area contributed by atoms with E-state index in [0.29, 0.717) is 116 Å². The van der Waals surface area contributed by atoms with E-state index < -0.39 is 16.1 Å². The van der Waals surface area contributed by atoms with E-state index in [0.717, 1.165) is 33.6 Å². The van der Waals surface area contributed by atoms with Crippen LogP contribution in [0.3, 0.4) is 0 Å². The molecule has 2 aliphatic rings. The highest BCUT2D eigenvalue weighted by molar-refractivity contribution is 7.89. The van der Waals surface area contributed by atoms with E-state index in [1.165, 1.54) is 0 Å². The summed E-state index contributed by atoms with van der Waals surface area (Å²) in [5.41, 5.74) is 6.27. The number of hydrogen-bond donors (Lipinski definition) is 1. The maximum absolute atomic E-state index is 13.7. The van der Waals surface area contributed by atoms with Gasteiger partial charge in [0.15, 0.2) is 5.82 Å². The summed E-state index contributed by atoms with van der Waals surface area (Å²) in [6, 6.07) is 18.1. The van der Waals surface area contributed by atoms with E-state index in [4.69, 9.17) is 35.3 Å². The maximum Gasteiger partial charge on any atom is 0.243 e. The molecular formula is C43H51ClN8O7S. The zero-order valence-electron chi connectivity index (χ0n) is 34.6. The molecule has 17 heteroatoms. The van der Waals surface area contributed by atoms with Crippen LogP contribution in [0, 0.1) is 27.7 Å². The van der Waals surface area contributed by atoms with Crippen LogP contribution in [-0.4, -0.2) is 122 Å². The molecule has 60 heavy (non-hydrogen) atoms. The average molecular weight is 859 g/mol. The lowest BCUT2D eigenvalue weighted by molar-refractivity contribution is -0.121. The van der Waals surface area contributed by atoms with Gasteiger partial charge >= 0.3 is 0 Å². The summed E-state index contributed by atoms with van der Waals surface area (Å²) < 4.78 is 53.4. The molecule has 1 unspecified atom stereocenters. The molecule has 3 aromatic carbocycles. The highest BCUT2D eigenvalue weighted by Crippen LogP contribution is 2.35. The molecule has 7 rings (SSSR count). The number of sulfonamides is 1. The molecule has 1 amide bonds. The van der Waals surface area contributed by atoms with E-state index in [9.17, 15) is 13.2 Å². The first-order valence-electron chi connectivity index (χ1n) is 20.1. The van der Waals surface area contributed by atoms with Gasteiger partial charge in [0.1, 0.15) is 23.4 Å². The Morgan fingerprint density at radius 1 is 0.900 bits per heavy atom. The first-order valence-corrected chi connectivity index (χ1v) is 21.9. The zero-order chi connectivity index (χ0) is 42.4. The van der Waals surface area contributed by atoms with Crippen molar-refractivity contribution in [3.8, 4) is 22.6 Å². The monoisotopic (exact) mass is 858 g/mol. The molecule has 4 heterocycles. The molecule has 1 fully saturated rings. The molecule has 0 saturated carbocycles. The molecule has 1 N–H and O–H groups in total. The van der Waals surface area contributed by atoms with Crippen LogP contribution < -0.4 is 10.1 Å². The van der Waals surface area contributed by atoms with Crippen LogP contribution >= 0.6 is 11.6 Å². The molecule has 0 aliphatic carbocycles. The number of aromatic nitrogens is 4. The lowest BCUT2D eigenvalue weighted by atomic mass is 10.00. The number of carbonyl (C=O) groups excluding carboxylic acids is 1. The van der Waals surface area contributed by atoms with Gasteiger partial charge in [-0.05, 0) is 81.6 Å². The van der Waals surface area contributed by atoms with Crippen molar-refractivity contribution in [3.63, 3.8) is 0 Å². The number of methoxy groups -OCH3 is 1. The molecule has 1 atom stereocenters. The second kappa shape index (κ2) is 19.2. The van der Waals surface area contributed by atoms with Crippen molar-refractivity contribution < 1.29 is 31.9 Å². The summed E-state index contributed by atoms with van der Waals surface area (Å²) in [5, 5.41) is 16.4. The van der Waals surface area contributed by atoms with Gasteiger partial charge in [-0.2, -0.15) is 4.31 Å². The van der Waals surface area contributed by atoms with Gasteiger partial charge in [-0.1, -0.05) is 41.0 Å². The fourth-order valence-corrected chi connectivity index (χ4v) is 9.40. The fraction of sp³-hybridized carbons (Fsp3) is 0.419. The van der Waals surface area contributed by atoms with E-state index in [1.54, 1.807) is 17.5 Å². The van der Waals surface area contributed by atoms with Gasteiger partial charge in [0, 0.05) is 67.6 Å². The normalized spacial score (nSPS) is 15.9. The van der Waals surface area contributed by atoms with E-state index in [-0.39, 0.29) is 12.3 Å². The number of nitrogens with one attached hydrogen (secondary N) is 1. The van der Waals surface area contributed by atoms with Crippen molar-refractivity contribution in [2.75, 3.05) is 72.8 Å². The van der Waals surface area contributed by atoms with Crippen LogP contribution in [-0.2, 0) is 24.3 Å². The number of aliphatic imine (C=N–C) groups is 1. The summed E-state index contributed by atoms with van der Waals surface area (Å²) in [4.78, 5) is 20.9. The molecule has 318 valence electrons. The number of fused-ring (bicyclic) bond motifs is 3. The SMILES string of the molecule is COc1ccc2c(c1)C(c1ccc(Cl)cc1)=NC(CC(=O)NCCCOCCOCCN1CCN(S(=O)(=O)c3cc(-c4c(C)noc4C)ccc3C)CC1)c1nnc(C)n1-2. The minimum absolute atomic E-state index is 0.0811. The highest BCUT2D eigenvalue weighted by Gasteiger charge is 2.32. The van der Waals surface area contributed by atoms with Crippen LogP contribution in [0.15, 0.2) is 75.1 Å². The number of halogens is 1. The topological polar surface area (TPSA) is 167 Å². The predicted octanol–water partition coefficient (Wildman–Crippen LogP) is 5.65. The third kappa shape index (κ3) is 9.64. The van der Waals surface area contributed by atoms with Crippen molar-refractivity contribution in [3.05, 3.63) is 105 Å². The Balaban J connectivity index is 0.818. The summed E-state index contributed by atoms with van der Waals surface area (Å²) in [7, 11) is -2.06. The maximum atomic E-state index is 13.7. The zero-order valence-corrected chi connectivity index (χ0v) is 36.2. The van der Waals surface area contributed by atoms with Crippen LogP contribution in [0.1, 0.15) is 58.7 Å². The van der Waals surface area contributed by atoms with Gasteiger partial charge in [0.25, 0.3) is 0 Å². The van der Waals surface area contributed by atoms with Crippen LogP contribution in [0.5, 0.6) is 5.75 Å². The smallest absolute Gasteiger partial charge is 0.243 e. The summed E-state index contributed by atoms with van der Waals surface area (Å²) in [5.74, 6) is 2.45. The fourth-order valence-electron chi connectivity index (χ4n) is 7.60. The van der Waals surface area contributed by atoms with Crippen molar-refractivity contribution >= 4 is 33.2 Å². The molecule has 1 saturated heterocycles. The second-order valence-electron chi connectivity index (χ2n) is 14.9. The van der Waals surface area contributed by atoms with Crippen molar-refractivity contribution in [1.82, 2.24) is 34.4 Å². The van der Waals surface area contributed by atoms with Crippen molar-refractivity contribution in [2.24, 2.45) is 4.99 Å². The van der Waals surface area contributed by atoms with Gasteiger partial charge in [-0.15, -0.1) is 10.2 Å². The average Bonchev–Trinajstić information content (AvgIpc) is 3.76. The molecule has 2 aromatic heterocycles. The molecule has 5 aromatic rings. The summed E-state index contributed by atoms with van der Waals surface area (Å²) in [6.45, 7) is 12.4. The molecule has 2 aliphatic heterocycles. The summed E-state index contributed by atoms with van der Waals surface area (Å²) >= 11 is 6.22. The third-order valence-corrected chi connectivity index (χ3v) is 13.1. The minimum Gasteiger partial charge on any atom is -0.497 e. The van der Waals surface area contributed by atoms with Crippen LogP contribution in [0.25, 0.3) is 16.8 Å². The van der Waals surface area contributed by atoms with Gasteiger partial charge in [0.2, 0.25) is 15.9 Å². The van der Waals surface area contributed by atoms with Gasteiger partial charge < -0.3 is 24.1 Å². The largest absolute Gasteiger partial charge is 0.497 e. The quantitative estimate of drug-likeness (QED) is 0.115. The van der Waals surface area contributed by atoms with E-state index in [1.807, 2.05) is 86.9 Å². The Bertz CT molecular complexity index is 2420. The number of piperazine rings is 1. The second-order valence-corrected chi connectivity index (χ2v) is 17.2. The Morgan fingerprint density at radius 2 is 1.63 bits per heavy atom. The molecule has 0 spiro atoms. The Hall–Kier alpha value is -4.97. The Kier molecular flexibility index (Phi) is 13.8.